The molecule has 0 bridgehead atoms. The van der Waals surface area contributed by atoms with Crippen LogP contribution >= 0.6 is 0 Å². The Morgan fingerprint density at radius 2 is 1.47 bits per heavy atom. The van der Waals surface area contributed by atoms with E-state index >= 15 is 0 Å². The largest absolute Gasteiger partial charge is 0.480 e. The summed E-state index contributed by atoms with van der Waals surface area (Å²) in [6.45, 7) is 5.45. The third-order valence-corrected chi connectivity index (χ3v) is 5.19. The lowest BCUT2D eigenvalue weighted by Gasteiger charge is -2.24. The van der Waals surface area contributed by atoms with E-state index in [-0.39, 0.29) is 25.2 Å². The van der Waals surface area contributed by atoms with Crippen molar-refractivity contribution in [3.63, 3.8) is 0 Å². The van der Waals surface area contributed by atoms with Gasteiger partial charge in [-0.05, 0) is 45.1 Å². The summed E-state index contributed by atoms with van der Waals surface area (Å²) in [6, 6.07) is -4.20. The quantitative estimate of drug-likeness (QED) is 0.132. The van der Waals surface area contributed by atoms with Crippen molar-refractivity contribution in [3.05, 3.63) is 0 Å². The zero-order chi connectivity index (χ0) is 24.8. The number of hydrogen-bond donors (Lipinski definition) is 7. The summed E-state index contributed by atoms with van der Waals surface area (Å²) in [6.07, 6.45) is 1.74. The van der Waals surface area contributed by atoms with E-state index in [4.69, 9.17) is 17.2 Å². The predicted octanol–water partition coefficient (Wildman–Crippen LogP) is -1.69. The molecule has 0 radical (unpaired) electrons. The van der Waals surface area contributed by atoms with Crippen molar-refractivity contribution in [1.82, 2.24) is 16.0 Å². The molecule has 0 aromatic heterocycles. The molecule has 5 atom stereocenters. The standard InChI is InChI=1S/C20H38N6O6/c1-4-11(2)16(23)19(30)25-13(8-9-15(22)27)18(29)24-12(3)17(28)26-14(20(31)32)7-5-6-10-21/h11-14,16H,4-10,21,23H2,1-3H3,(H2,22,27)(H,24,29)(H,25,30)(H,26,28)(H,31,32). The average molecular weight is 459 g/mol. The van der Waals surface area contributed by atoms with Gasteiger partial charge in [-0.25, -0.2) is 4.79 Å². The number of amides is 4. The van der Waals surface area contributed by atoms with Gasteiger partial charge in [-0.3, -0.25) is 19.2 Å². The molecule has 4 amide bonds. The van der Waals surface area contributed by atoms with E-state index in [1.165, 1.54) is 6.92 Å². The number of primary amides is 1. The van der Waals surface area contributed by atoms with Gasteiger partial charge in [0.05, 0.1) is 6.04 Å². The van der Waals surface area contributed by atoms with Crippen LogP contribution in [0.25, 0.3) is 0 Å². The fraction of sp³-hybridized carbons (Fsp3) is 0.750. The first kappa shape index (κ1) is 29.3. The maximum atomic E-state index is 12.7. The summed E-state index contributed by atoms with van der Waals surface area (Å²) in [5.41, 5.74) is 16.4. The summed E-state index contributed by atoms with van der Waals surface area (Å²) in [5.74, 6) is -3.96. The van der Waals surface area contributed by atoms with Crippen molar-refractivity contribution in [2.45, 2.75) is 83.5 Å². The number of carbonyl (C=O) groups excluding carboxylic acids is 4. The second-order valence-electron chi connectivity index (χ2n) is 7.89. The van der Waals surface area contributed by atoms with Crippen molar-refractivity contribution >= 4 is 29.6 Å². The lowest BCUT2D eigenvalue weighted by Crippen LogP contribution is -2.57. The second kappa shape index (κ2) is 15.1. The molecule has 0 fully saturated rings. The predicted molar refractivity (Wildman–Crippen MR) is 118 cm³/mol. The minimum Gasteiger partial charge on any atom is -0.480 e. The number of carbonyl (C=O) groups is 5. The number of carboxylic acid groups (broad SMARTS) is 1. The normalized spacial score (nSPS) is 15.5. The van der Waals surface area contributed by atoms with Crippen LogP contribution in [0.1, 0.15) is 59.3 Å². The van der Waals surface area contributed by atoms with E-state index in [0.29, 0.717) is 25.8 Å². The Hall–Kier alpha value is -2.73. The number of nitrogens with two attached hydrogens (primary N) is 3. The van der Waals surface area contributed by atoms with E-state index in [1.54, 1.807) is 6.92 Å². The third kappa shape index (κ3) is 11.0. The fourth-order valence-corrected chi connectivity index (χ4v) is 2.76. The van der Waals surface area contributed by atoms with Gasteiger partial charge < -0.3 is 38.3 Å². The number of rotatable bonds is 16. The second-order valence-corrected chi connectivity index (χ2v) is 7.89. The maximum absolute atomic E-state index is 12.7. The minimum atomic E-state index is -1.19. The molecule has 184 valence electrons. The van der Waals surface area contributed by atoms with Crippen molar-refractivity contribution in [2.24, 2.45) is 23.1 Å². The number of unbranched alkanes of at least 4 members (excludes halogenated alkanes) is 1. The van der Waals surface area contributed by atoms with E-state index < -0.39 is 53.8 Å². The first-order valence-corrected chi connectivity index (χ1v) is 10.8. The molecule has 5 unspecified atom stereocenters. The van der Waals surface area contributed by atoms with Crippen LogP contribution in [0.3, 0.4) is 0 Å². The molecule has 12 heteroatoms. The summed E-state index contributed by atoms with van der Waals surface area (Å²) in [5, 5.41) is 16.6. The lowest BCUT2D eigenvalue weighted by atomic mass is 9.98. The van der Waals surface area contributed by atoms with Crippen LogP contribution in [0.5, 0.6) is 0 Å². The zero-order valence-electron chi connectivity index (χ0n) is 19.1. The van der Waals surface area contributed by atoms with Gasteiger partial charge in [0.2, 0.25) is 23.6 Å². The molecule has 0 spiro atoms. The van der Waals surface area contributed by atoms with Gasteiger partial charge in [-0.15, -0.1) is 0 Å². The van der Waals surface area contributed by atoms with Crippen molar-refractivity contribution in [2.75, 3.05) is 6.54 Å². The molecule has 32 heavy (non-hydrogen) atoms. The highest BCUT2D eigenvalue weighted by Crippen LogP contribution is 2.07. The summed E-state index contributed by atoms with van der Waals surface area (Å²) < 4.78 is 0. The molecule has 0 saturated heterocycles. The van der Waals surface area contributed by atoms with Gasteiger partial charge in [0.25, 0.3) is 0 Å². The maximum Gasteiger partial charge on any atom is 0.326 e. The van der Waals surface area contributed by atoms with Crippen molar-refractivity contribution in [3.8, 4) is 0 Å². The first-order valence-electron chi connectivity index (χ1n) is 10.8. The van der Waals surface area contributed by atoms with Crippen molar-refractivity contribution < 1.29 is 29.1 Å². The van der Waals surface area contributed by atoms with Gasteiger partial charge in [-0.2, -0.15) is 0 Å². The summed E-state index contributed by atoms with van der Waals surface area (Å²) in [7, 11) is 0. The molecular formula is C20H38N6O6. The Balaban J connectivity index is 5.11. The van der Waals surface area contributed by atoms with Crippen LogP contribution in [0.15, 0.2) is 0 Å². The number of carboxylic acids is 1. The summed E-state index contributed by atoms with van der Waals surface area (Å²) >= 11 is 0. The Labute approximate surface area is 188 Å². The SMILES string of the molecule is CCC(C)C(N)C(=O)NC(CCC(N)=O)C(=O)NC(C)C(=O)NC(CCCCN)C(=O)O. The van der Waals surface area contributed by atoms with Crippen LogP contribution in [-0.4, -0.2) is 65.4 Å². The average Bonchev–Trinajstić information content (AvgIpc) is 2.73. The first-order chi connectivity index (χ1) is 14.9. The van der Waals surface area contributed by atoms with Gasteiger partial charge in [-0.1, -0.05) is 20.3 Å². The van der Waals surface area contributed by atoms with E-state index in [0.717, 1.165) is 0 Å². The molecule has 0 aliphatic rings. The Bertz CT molecular complexity index is 658. The third-order valence-electron chi connectivity index (χ3n) is 5.19. The minimum absolute atomic E-state index is 0.0781. The topological polar surface area (TPSA) is 220 Å². The Morgan fingerprint density at radius 1 is 0.875 bits per heavy atom. The van der Waals surface area contributed by atoms with Crippen LogP contribution in [0.2, 0.25) is 0 Å². The highest BCUT2D eigenvalue weighted by Gasteiger charge is 2.29. The molecule has 10 N–H and O–H groups in total. The van der Waals surface area contributed by atoms with Gasteiger partial charge >= 0.3 is 5.97 Å². The monoisotopic (exact) mass is 458 g/mol. The van der Waals surface area contributed by atoms with Gasteiger partial charge in [0.1, 0.15) is 18.1 Å². The molecular weight excluding hydrogens is 420 g/mol. The fourth-order valence-electron chi connectivity index (χ4n) is 2.76. The molecule has 0 saturated carbocycles. The highest BCUT2D eigenvalue weighted by molar-refractivity contribution is 5.94. The van der Waals surface area contributed by atoms with Crippen LogP contribution in [0.4, 0.5) is 0 Å². The Morgan fingerprint density at radius 3 is 1.97 bits per heavy atom. The van der Waals surface area contributed by atoms with Crippen LogP contribution in [-0.2, 0) is 24.0 Å². The van der Waals surface area contributed by atoms with E-state index in [1.807, 2.05) is 6.92 Å². The molecule has 0 aromatic rings. The van der Waals surface area contributed by atoms with Crippen LogP contribution < -0.4 is 33.2 Å². The summed E-state index contributed by atoms with van der Waals surface area (Å²) in [4.78, 5) is 59.9. The van der Waals surface area contributed by atoms with Crippen LogP contribution in [0, 0.1) is 5.92 Å². The van der Waals surface area contributed by atoms with Crippen molar-refractivity contribution in [1.29, 1.82) is 0 Å². The highest BCUT2D eigenvalue weighted by atomic mass is 16.4. The Kier molecular flexibility index (Phi) is 13.8. The number of hydrogen-bond acceptors (Lipinski definition) is 7. The molecule has 0 aromatic carbocycles. The lowest BCUT2D eigenvalue weighted by molar-refractivity contribution is -0.142. The smallest absolute Gasteiger partial charge is 0.326 e. The molecule has 0 rings (SSSR count). The van der Waals surface area contributed by atoms with Gasteiger partial charge in [0.15, 0.2) is 0 Å². The zero-order valence-corrected chi connectivity index (χ0v) is 19.1. The van der Waals surface area contributed by atoms with Gasteiger partial charge in [0, 0.05) is 6.42 Å². The molecule has 0 aliphatic carbocycles. The van der Waals surface area contributed by atoms with E-state index in [2.05, 4.69) is 16.0 Å². The molecule has 12 nitrogen and oxygen atoms in total. The number of nitrogens with one attached hydrogen (secondary N) is 3. The van der Waals surface area contributed by atoms with E-state index in [9.17, 15) is 29.1 Å². The molecule has 0 aliphatic heterocycles. The molecule has 0 heterocycles. The number of aliphatic carboxylic acids is 1.